The molecule has 0 aliphatic rings. The topological polar surface area (TPSA) is 73.2 Å². The van der Waals surface area contributed by atoms with Crippen LogP contribution in [0.2, 0.25) is 0 Å². The predicted molar refractivity (Wildman–Crippen MR) is 122 cm³/mol. The number of hydrogen-bond donors (Lipinski definition) is 1. The molecule has 156 valence electrons. The number of rotatable bonds is 5. The first-order valence-electron chi connectivity index (χ1n) is 10.1. The van der Waals surface area contributed by atoms with Crippen molar-refractivity contribution in [2.75, 3.05) is 12.4 Å². The van der Waals surface area contributed by atoms with Crippen LogP contribution in [-0.4, -0.2) is 22.8 Å². The van der Waals surface area contributed by atoms with Crippen LogP contribution in [0.4, 0.5) is 5.69 Å². The molecule has 0 unspecified atom stereocenters. The average Bonchev–Trinajstić information content (AvgIpc) is 2.80. The monoisotopic (exact) mass is 413 g/mol. The number of nitrogens with one attached hydrogen (secondary N) is 1. The van der Waals surface area contributed by atoms with Gasteiger partial charge in [0, 0.05) is 11.1 Å². The van der Waals surface area contributed by atoms with Gasteiger partial charge in [0.25, 0.3) is 11.5 Å². The second-order valence-electron chi connectivity index (χ2n) is 7.54. The van der Waals surface area contributed by atoms with Crippen molar-refractivity contribution in [3.63, 3.8) is 0 Å². The Morgan fingerprint density at radius 2 is 1.58 bits per heavy atom. The number of aromatic nitrogens is 2. The molecule has 4 rings (SSSR count). The van der Waals surface area contributed by atoms with Crippen molar-refractivity contribution in [1.82, 2.24) is 9.78 Å². The molecule has 4 aromatic rings. The molecule has 3 aromatic carbocycles. The van der Waals surface area contributed by atoms with Crippen LogP contribution < -0.4 is 15.6 Å². The maximum atomic E-state index is 13.1. The molecule has 0 radical (unpaired) electrons. The number of anilines is 1. The van der Waals surface area contributed by atoms with E-state index in [4.69, 9.17) is 4.74 Å². The lowest BCUT2D eigenvalue weighted by molar-refractivity contribution is 0.102. The number of benzene rings is 3. The quantitative estimate of drug-likeness (QED) is 0.511. The number of carbonyl (C=O) groups is 1. The van der Waals surface area contributed by atoms with E-state index in [2.05, 4.69) is 24.3 Å². The predicted octanol–water partition coefficient (Wildman–Crippen LogP) is 4.77. The van der Waals surface area contributed by atoms with E-state index in [-0.39, 0.29) is 17.2 Å². The fraction of sp³-hybridized carbons (Fsp3) is 0.160. The number of fused-ring (bicyclic) bond motifs is 1. The Kier molecular flexibility index (Phi) is 5.54. The molecule has 0 bridgehead atoms. The zero-order valence-corrected chi connectivity index (χ0v) is 17.6. The summed E-state index contributed by atoms with van der Waals surface area (Å²) in [4.78, 5) is 26.2. The summed E-state index contributed by atoms with van der Waals surface area (Å²) in [5.41, 5.74) is 2.29. The van der Waals surface area contributed by atoms with Crippen molar-refractivity contribution in [1.29, 1.82) is 0 Å². The molecular weight excluding hydrogens is 390 g/mol. The lowest BCUT2D eigenvalue weighted by Crippen LogP contribution is -2.26. The largest absolute Gasteiger partial charge is 0.497 e. The maximum Gasteiger partial charge on any atom is 0.279 e. The normalized spacial score (nSPS) is 11.0. The highest BCUT2D eigenvalue weighted by Gasteiger charge is 2.18. The van der Waals surface area contributed by atoms with Crippen molar-refractivity contribution < 1.29 is 9.53 Å². The van der Waals surface area contributed by atoms with Gasteiger partial charge < -0.3 is 10.1 Å². The van der Waals surface area contributed by atoms with E-state index < -0.39 is 0 Å². The van der Waals surface area contributed by atoms with E-state index in [9.17, 15) is 9.59 Å². The second-order valence-corrected chi connectivity index (χ2v) is 7.54. The van der Waals surface area contributed by atoms with Crippen LogP contribution in [0.5, 0.6) is 5.75 Å². The van der Waals surface area contributed by atoms with Crippen molar-refractivity contribution in [2.24, 2.45) is 0 Å². The van der Waals surface area contributed by atoms with E-state index in [1.54, 1.807) is 55.6 Å². The number of carbonyl (C=O) groups excluding carboxylic acids is 1. The maximum absolute atomic E-state index is 13.1. The molecule has 0 atom stereocenters. The van der Waals surface area contributed by atoms with Gasteiger partial charge in [-0.05, 0) is 53.9 Å². The van der Waals surface area contributed by atoms with Gasteiger partial charge >= 0.3 is 0 Å². The molecule has 6 heteroatoms. The first-order valence-corrected chi connectivity index (χ1v) is 10.1. The van der Waals surface area contributed by atoms with E-state index >= 15 is 0 Å². The summed E-state index contributed by atoms with van der Waals surface area (Å²) in [6, 6.07) is 21.7. The molecule has 1 heterocycles. The number of ether oxygens (including phenoxy) is 1. The van der Waals surface area contributed by atoms with Crippen molar-refractivity contribution in [3.8, 4) is 11.4 Å². The molecule has 0 aliphatic heterocycles. The highest BCUT2D eigenvalue weighted by molar-refractivity contribution is 6.11. The minimum absolute atomic E-state index is 0.180. The van der Waals surface area contributed by atoms with Gasteiger partial charge in [0.05, 0.1) is 18.2 Å². The average molecular weight is 413 g/mol. The third-order valence-corrected chi connectivity index (χ3v) is 5.17. The SMILES string of the molecule is COc1ccc(-n2nc(C(=O)Nc3ccc(C(C)C)cc3)c3ccccc3c2=O)cc1. The number of methoxy groups -OCH3 is 1. The van der Waals surface area contributed by atoms with Crippen LogP contribution in [0, 0.1) is 0 Å². The first-order chi connectivity index (χ1) is 15.0. The summed E-state index contributed by atoms with van der Waals surface area (Å²) in [6.07, 6.45) is 0. The first kappa shape index (κ1) is 20.3. The Bertz CT molecular complexity index is 1290. The molecular formula is C25H23N3O3. The van der Waals surface area contributed by atoms with Crippen molar-refractivity contribution in [2.45, 2.75) is 19.8 Å². The molecule has 0 fully saturated rings. The summed E-state index contributed by atoms with van der Waals surface area (Å²) in [5, 5.41) is 8.25. The van der Waals surface area contributed by atoms with Crippen LogP contribution >= 0.6 is 0 Å². The van der Waals surface area contributed by atoms with Crippen LogP contribution in [0.15, 0.2) is 77.6 Å². The van der Waals surface area contributed by atoms with E-state index in [1.165, 1.54) is 10.2 Å². The number of nitrogens with zero attached hydrogens (tertiary/aromatic N) is 2. The van der Waals surface area contributed by atoms with Gasteiger partial charge in [0.15, 0.2) is 5.69 Å². The lowest BCUT2D eigenvalue weighted by atomic mass is 10.0. The molecule has 0 saturated heterocycles. The zero-order chi connectivity index (χ0) is 22.0. The molecule has 0 spiro atoms. The van der Waals surface area contributed by atoms with Crippen molar-refractivity contribution >= 4 is 22.4 Å². The van der Waals surface area contributed by atoms with Crippen molar-refractivity contribution in [3.05, 3.63) is 94.4 Å². The van der Waals surface area contributed by atoms with Gasteiger partial charge in [-0.15, -0.1) is 0 Å². The molecule has 1 amide bonds. The van der Waals surface area contributed by atoms with Gasteiger partial charge in [0.2, 0.25) is 0 Å². The summed E-state index contributed by atoms with van der Waals surface area (Å²) in [5.74, 6) is 0.694. The summed E-state index contributed by atoms with van der Waals surface area (Å²) < 4.78 is 6.43. The van der Waals surface area contributed by atoms with Gasteiger partial charge in [-0.25, -0.2) is 0 Å². The Morgan fingerprint density at radius 3 is 2.19 bits per heavy atom. The van der Waals surface area contributed by atoms with Crippen LogP contribution in [0.3, 0.4) is 0 Å². The van der Waals surface area contributed by atoms with E-state index in [1.807, 2.05) is 24.3 Å². The molecule has 6 nitrogen and oxygen atoms in total. The van der Waals surface area contributed by atoms with Gasteiger partial charge in [-0.2, -0.15) is 9.78 Å². The molecule has 1 N–H and O–H groups in total. The van der Waals surface area contributed by atoms with E-state index in [0.29, 0.717) is 33.8 Å². The summed E-state index contributed by atoms with van der Waals surface area (Å²) in [6.45, 7) is 4.23. The fourth-order valence-corrected chi connectivity index (χ4v) is 3.40. The van der Waals surface area contributed by atoms with Gasteiger partial charge in [0.1, 0.15) is 5.75 Å². The van der Waals surface area contributed by atoms with Crippen LogP contribution in [-0.2, 0) is 0 Å². The highest BCUT2D eigenvalue weighted by atomic mass is 16.5. The Balaban J connectivity index is 1.78. The smallest absolute Gasteiger partial charge is 0.279 e. The Hall–Kier alpha value is -3.93. The summed E-state index contributed by atoms with van der Waals surface area (Å²) >= 11 is 0. The minimum Gasteiger partial charge on any atom is -0.497 e. The highest BCUT2D eigenvalue weighted by Crippen LogP contribution is 2.20. The second kappa shape index (κ2) is 8.44. The third kappa shape index (κ3) is 4.05. The van der Waals surface area contributed by atoms with Crippen LogP contribution in [0.1, 0.15) is 35.8 Å². The van der Waals surface area contributed by atoms with Crippen LogP contribution in [0.25, 0.3) is 16.5 Å². The fourth-order valence-electron chi connectivity index (χ4n) is 3.40. The Morgan fingerprint density at radius 1 is 0.935 bits per heavy atom. The molecule has 0 aliphatic carbocycles. The number of amides is 1. The Labute approximate surface area is 180 Å². The van der Waals surface area contributed by atoms with Gasteiger partial charge in [-0.1, -0.05) is 44.2 Å². The lowest BCUT2D eigenvalue weighted by Gasteiger charge is -2.12. The summed E-state index contributed by atoms with van der Waals surface area (Å²) in [7, 11) is 1.57. The molecule has 1 aromatic heterocycles. The van der Waals surface area contributed by atoms with Gasteiger partial charge in [-0.3, -0.25) is 9.59 Å². The third-order valence-electron chi connectivity index (χ3n) is 5.17. The zero-order valence-electron chi connectivity index (χ0n) is 17.6. The minimum atomic E-state index is -0.379. The van der Waals surface area contributed by atoms with E-state index in [0.717, 1.165) is 0 Å². The molecule has 0 saturated carbocycles. The number of hydrogen-bond acceptors (Lipinski definition) is 4. The standard InChI is InChI=1S/C25H23N3O3/c1-16(2)17-8-10-18(11-9-17)26-24(29)23-21-6-4-5-7-22(21)25(30)28(27-23)19-12-14-20(31-3)15-13-19/h4-16H,1-3H3,(H,26,29). The molecule has 31 heavy (non-hydrogen) atoms.